The molecule has 5 heteroatoms. The zero-order chi connectivity index (χ0) is 19.6. The monoisotopic (exact) mass is 387 g/mol. The first-order chi connectivity index (χ1) is 14.3. The lowest BCUT2D eigenvalue weighted by Gasteiger charge is -2.34. The van der Waals surface area contributed by atoms with Gasteiger partial charge in [0.1, 0.15) is 12.4 Å². The van der Waals surface area contributed by atoms with E-state index in [4.69, 9.17) is 4.74 Å². The van der Waals surface area contributed by atoms with Gasteiger partial charge in [0, 0.05) is 23.3 Å². The number of aryl methyl sites for hydroxylation is 1. The molecule has 1 amide bonds. The molecule has 148 valence electrons. The van der Waals surface area contributed by atoms with Crippen molar-refractivity contribution in [1.82, 2.24) is 15.1 Å². The lowest BCUT2D eigenvalue weighted by molar-refractivity contribution is 0.0642. The number of fused-ring (bicyclic) bond motifs is 1. The van der Waals surface area contributed by atoms with E-state index < -0.39 is 0 Å². The number of carbonyl (C=O) groups is 1. The summed E-state index contributed by atoms with van der Waals surface area (Å²) >= 11 is 0. The van der Waals surface area contributed by atoms with Crippen molar-refractivity contribution >= 4 is 5.91 Å². The van der Waals surface area contributed by atoms with Crippen LogP contribution in [0.25, 0.3) is 0 Å². The Morgan fingerprint density at radius 1 is 1.03 bits per heavy atom. The number of nitrogens with zero attached hydrogens (tertiary/aromatic N) is 2. The fourth-order valence-electron chi connectivity index (χ4n) is 4.19. The molecule has 1 N–H and O–H groups in total. The van der Waals surface area contributed by atoms with Crippen LogP contribution in [-0.2, 0) is 19.4 Å². The lowest BCUT2D eigenvalue weighted by atomic mass is 9.91. The highest BCUT2D eigenvalue weighted by atomic mass is 16.5. The van der Waals surface area contributed by atoms with E-state index in [1.54, 1.807) is 0 Å². The van der Waals surface area contributed by atoms with Gasteiger partial charge in [-0.1, -0.05) is 30.3 Å². The van der Waals surface area contributed by atoms with Crippen LogP contribution in [0.2, 0.25) is 0 Å². The zero-order valence-corrected chi connectivity index (χ0v) is 16.4. The number of benzene rings is 2. The minimum absolute atomic E-state index is 0.153. The average Bonchev–Trinajstić information content (AvgIpc) is 3.49. The number of carbonyl (C=O) groups excluding carboxylic acids is 1. The molecule has 2 aliphatic carbocycles. The van der Waals surface area contributed by atoms with Gasteiger partial charge in [-0.25, -0.2) is 0 Å². The zero-order valence-electron chi connectivity index (χ0n) is 16.4. The normalized spacial score (nSPS) is 18.1. The van der Waals surface area contributed by atoms with Gasteiger partial charge in [-0.05, 0) is 67.5 Å². The van der Waals surface area contributed by atoms with Gasteiger partial charge in [-0.2, -0.15) is 5.10 Å². The average molecular weight is 387 g/mol. The van der Waals surface area contributed by atoms with Crippen molar-refractivity contribution in [2.75, 3.05) is 0 Å². The van der Waals surface area contributed by atoms with Crippen LogP contribution < -0.4 is 4.74 Å². The van der Waals surface area contributed by atoms with Crippen molar-refractivity contribution in [1.29, 1.82) is 0 Å². The second-order valence-corrected chi connectivity index (χ2v) is 8.01. The summed E-state index contributed by atoms with van der Waals surface area (Å²) in [4.78, 5) is 15.5. The van der Waals surface area contributed by atoms with Crippen molar-refractivity contribution in [2.24, 2.45) is 0 Å². The summed E-state index contributed by atoms with van der Waals surface area (Å²) in [7, 11) is 0. The summed E-state index contributed by atoms with van der Waals surface area (Å²) in [5.41, 5.74) is 4.31. The molecule has 1 fully saturated rings. The van der Waals surface area contributed by atoms with E-state index in [0.717, 1.165) is 49.0 Å². The van der Waals surface area contributed by atoms with Gasteiger partial charge in [-0.3, -0.25) is 9.89 Å². The molecule has 1 atom stereocenters. The van der Waals surface area contributed by atoms with E-state index in [0.29, 0.717) is 12.6 Å². The fourth-order valence-corrected chi connectivity index (χ4v) is 4.19. The molecule has 29 heavy (non-hydrogen) atoms. The van der Waals surface area contributed by atoms with Gasteiger partial charge in [0.05, 0.1) is 6.20 Å². The van der Waals surface area contributed by atoms with Crippen LogP contribution >= 0.6 is 0 Å². The van der Waals surface area contributed by atoms with Crippen LogP contribution in [0, 0.1) is 0 Å². The highest BCUT2D eigenvalue weighted by molar-refractivity contribution is 5.95. The van der Waals surface area contributed by atoms with E-state index in [1.807, 2.05) is 60.8 Å². The quantitative estimate of drug-likeness (QED) is 0.691. The molecule has 2 aromatic carbocycles. The van der Waals surface area contributed by atoms with Crippen molar-refractivity contribution in [2.45, 2.75) is 50.8 Å². The molecule has 5 nitrogen and oxygen atoms in total. The Balaban J connectivity index is 1.27. The SMILES string of the molecule is O=C(c1ccc(COc2ccccc2)cc1)N(C1CC1)C1CCc2[nH]ncc2C1. The van der Waals surface area contributed by atoms with Crippen LogP contribution in [0.5, 0.6) is 5.75 Å². The minimum atomic E-state index is 0.153. The Bertz CT molecular complexity index is 977. The third-order valence-electron chi connectivity index (χ3n) is 5.91. The first-order valence-corrected chi connectivity index (χ1v) is 10.4. The second-order valence-electron chi connectivity index (χ2n) is 8.01. The number of ether oxygens (including phenoxy) is 1. The number of rotatable bonds is 6. The van der Waals surface area contributed by atoms with Crippen molar-refractivity contribution in [3.05, 3.63) is 83.2 Å². The van der Waals surface area contributed by atoms with Crippen molar-refractivity contribution in [3.8, 4) is 5.75 Å². The van der Waals surface area contributed by atoms with E-state index in [9.17, 15) is 4.79 Å². The molecule has 0 spiro atoms. The molecule has 5 rings (SSSR count). The Kier molecular flexibility index (Phi) is 4.80. The summed E-state index contributed by atoms with van der Waals surface area (Å²) in [5.74, 6) is 1.00. The third-order valence-corrected chi connectivity index (χ3v) is 5.91. The summed E-state index contributed by atoms with van der Waals surface area (Å²) in [6.45, 7) is 0.497. The van der Waals surface area contributed by atoms with Gasteiger partial charge < -0.3 is 9.64 Å². The molecule has 0 aliphatic heterocycles. The van der Waals surface area contributed by atoms with E-state index in [-0.39, 0.29) is 11.9 Å². The first kappa shape index (κ1) is 18.0. The molecule has 1 saturated carbocycles. The van der Waals surface area contributed by atoms with Gasteiger partial charge in [0.2, 0.25) is 0 Å². The van der Waals surface area contributed by atoms with Crippen LogP contribution in [0.4, 0.5) is 0 Å². The molecule has 1 heterocycles. The van der Waals surface area contributed by atoms with Crippen LogP contribution in [0.3, 0.4) is 0 Å². The van der Waals surface area contributed by atoms with Gasteiger partial charge >= 0.3 is 0 Å². The largest absolute Gasteiger partial charge is 0.489 e. The molecule has 0 bridgehead atoms. The predicted octanol–water partition coefficient (Wildman–Crippen LogP) is 4.15. The van der Waals surface area contributed by atoms with Gasteiger partial charge in [-0.15, -0.1) is 0 Å². The maximum absolute atomic E-state index is 13.3. The molecular weight excluding hydrogens is 362 g/mol. The maximum atomic E-state index is 13.3. The predicted molar refractivity (Wildman–Crippen MR) is 111 cm³/mol. The van der Waals surface area contributed by atoms with E-state index in [1.165, 1.54) is 11.3 Å². The highest BCUT2D eigenvalue weighted by Crippen LogP contribution is 2.34. The number of H-pyrrole nitrogens is 1. The molecule has 0 saturated heterocycles. The Morgan fingerprint density at radius 3 is 2.59 bits per heavy atom. The molecule has 2 aliphatic rings. The van der Waals surface area contributed by atoms with Crippen LogP contribution in [0.1, 0.15) is 46.4 Å². The number of aromatic nitrogens is 2. The van der Waals surface area contributed by atoms with Crippen LogP contribution in [-0.4, -0.2) is 33.1 Å². The summed E-state index contributed by atoms with van der Waals surface area (Å²) in [6, 6.07) is 18.3. The lowest BCUT2D eigenvalue weighted by Crippen LogP contribution is -2.44. The van der Waals surface area contributed by atoms with Crippen LogP contribution in [0.15, 0.2) is 60.8 Å². The minimum Gasteiger partial charge on any atom is -0.489 e. The molecular formula is C24H25N3O2. The summed E-state index contributed by atoms with van der Waals surface area (Å²) in [5, 5.41) is 7.26. The van der Waals surface area contributed by atoms with Crippen molar-refractivity contribution < 1.29 is 9.53 Å². The Hall–Kier alpha value is -3.08. The fraction of sp³-hybridized carbons (Fsp3) is 0.333. The Labute approximate surface area is 170 Å². The number of aromatic amines is 1. The van der Waals surface area contributed by atoms with E-state index in [2.05, 4.69) is 15.1 Å². The number of nitrogens with one attached hydrogen (secondary N) is 1. The standard InChI is InChI=1S/C24H25N3O2/c28-24(18-8-6-17(7-9-18)16-29-22-4-2-1-3-5-22)27(20-10-11-20)21-12-13-23-19(14-21)15-25-26-23/h1-9,15,20-21H,10-14,16H2,(H,25,26). The number of amides is 1. The molecule has 3 aromatic rings. The third kappa shape index (κ3) is 3.90. The maximum Gasteiger partial charge on any atom is 0.254 e. The second kappa shape index (κ2) is 7.74. The number of hydrogen-bond donors (Lipinski definition) is 1. The number of hydrogen-bond acceptors (Lipinski definition) is 3. The smallest absolute Gasteiger partial charge is 0.254 e. The highest BCUT2D eigenvalue weighted by Gasteiger charge is 2.39. The molecule has 1 unspecified atom stereocenters. The first-order valence-electron chi connectivity index (χ1n) is 10.4. The molecule has 0 radical (unpaired) electrons. The summed E-state index contributed by atoms with van der Waals surface area (Å²) in [6.07, 6.45) is 7.01. The molecule has 1 aromatic heterocycles. The Morgan fingerprint density at radius 2 is 1.83 bits per heavy atom. The summed E-state index contributed by atoms with van der Waals surface area (Å²) < 4.78 is 5.80. The van der Waals surface area contributed by atoms with E-state index >= 15 is 0 Å². The van der Waals surface area contributed by atoms with Crippen molar-refractivity contribution in [3.63, 3.8) is 0 Å². The van der Waals surface area contributed by atoms with Gasteiger partial charge in [0.25, 0.3) is 5.91 Å². The topological polar surface area (TPSA) is 58.2 Å². The number of para-hydroxylation sites is 1. The van der Waals surface area contributed by atoms with Gasteiger partial charge in [0.15, 0.2) is 0 Å².